The number of aryl methyl sites for hydroxylation is 1. The molecule has 1 aromatic heterocycles. The van der Waals surface area contributed by atoms with Crippen LogP contribution in [0.5, 0.6) is 0 Å². The number of carbonyl (C=O) groups is 1. The average molecular weight is 352 g/mol. The Labute approximate surface area is 155 Å². The number of carbonyl (C=O) groups excluding carboxylic acids is 1. The Morgan fingerprint density at radius 2 is 1.85 bits per heavy atom. The Morgan fingerprint density at radius 3 is 2.58 bits per heavy atom. The Balaban J connectivity index is 1.77. The summed E-state index contributed by atoms with van der Waals surface area (Å²) < 4.78 is 0. The second kappa shape index (κ2) is 8.30. The number of nitrogens with one attached hydrogen (secondary N) is 2. The van der Waals surface area contributed by atoms with Gasteiger partial charge in [-0.15, -0.1) is 0 Å². The van der Waals surface area contributed by atoms with Crippen molar-refractivity contribution in [3.8, 4) is 0 Å². The summed E-state index contributed by atoms with van der Waals surface area (Å²) in [7, 11) is 0. The third kappa shape index (κ3) is 4.59. The molecule has 2 N–H and O–H groups in total. The fourth-order valence-corrected chi connectivity index (χ4v) is 3.48. The van der Waals surface area contributed by atoms with E-state index in [0.29, 0.717) is 23.6 Å². The smallest absolute Gasteiger partial charge is 0.274 e. The predicted molar refractivity (Wildman–Crippen MR) is 106 cm³/mol. The van der Waals surface area contributed by atoms with Gasteiger partial charge in [0.25, 0.3) is 5.91 Å². The van der Waals surface area contributed by atoms with Crippen molar-refractivity contribution in [1.82, 2.24) is 9.97 Å². The van der Waals surface area contributed by atoms with Crippen LogP contribution in [-0.4, -0.2) is 21.9 Å². The number of anilines is 2. The molecule has 0 spiro atoms. The number of rotatable bonds is 5. The van der Waals surface area contributed by atoms with E-state index in [1.807, 2.05) is 31.2 Å². The standard InChI is InChI=1S/C21H28N4O/c1-14(2)17-11-7-8-12-18(17)24-20(26)19-13-15(3)22-21(25-19)23-16-9-5-4-6-10-16/h7-8,11-14,16H,4-6,9-10H2,1-3H3,(H,24,26)(H,22,23,25). The molecule has 0 bridgehead atoms. The van der Waals surface area contributed by atoms with Crippen LogP contribution in [0.1, 0.15) is 73.6 Å². The molecule has 0 radical (unpaired) electrons. The van der Waals surface area contributed by atoms with E-state index in [0.717, 1.165) is 29.8 Å². The number of aromatic nitrogens is 2. The van der Waals surface area contributed by atoms with Gasteiger partial charge in [-0.3, -0.25) is 4.79 Å². The summed E-state index contributed by atoms with van der Waals surface area (Å²) >= 11 is 0. The zero-order valence-electron chi connectivity index (χ0n) is 15.9. The molecule has 0 atom stereocenters. The van der Waals surface area contributed by atoms with Gasteiger partial charge in [0.1, 0.15) is 5.69 Å². The SMILES string of the molecule is Cc1cc(C(=O)Nc2ccccc2C(C)C)nc(NC2CCCCC2)n1. The molecule has 3 rings (SSSR count). The molecule has 26 heavy (non-hydrogen) atoms. The first-order valence-electron chi connectivity index (χ1n) is 9.55. The number of benzene rings is 1. The summed E-state index contributed by atoms with van der Waals surface area (Å²) in [6.07, 6.45) is 6.06. The van der Waals surface area contributed by atoms with Gasteiger partial charge in [0.2, 0.25) is 5.95 Å². The van der Waals surface area contributed by atoms with Crippen molar-refractivity contribution in [2.45, 2.75) is 64.8 Å². The quantitative estimate of drug-likeness (QED) is 0.803. The van der Waals surface area contributed by atoms with Crippen molar-refractivity contribution in [1.29, 1.82) is 0 Å². The van der Waals surface area contributed by atoms with E-state index < -0.39 is 0 Å². The van der Waals surface area contributed by atoms with Crippen LogP contribution in [0.2, 0.25) is 0 Å². The Kier molecular flexibility index (Phi) is 5.86. The summed E-state index contributed by atoms with van der Waals surface area (Å²) in [4.78, 5) is 21.7. The lowest BCUT2D eigenvalue weighted by Crippen LogP contribution is -2.24. The van der Waals surface area contributed by atoms with Gasteiger partial charge in [0.15, 0.2) is 0 Å². The second-order valence-electron chi connectivity index (χ2n) is 7.39. The molecule has 1 saturated carbocycles. The first-order chi connectivity index (χ1) is 12.5. The molecular weight excluding hydrogens is 324 g/mol. The van der Waals surface area contributed by atoms with Crippen molar-refractivity contribution in [2.75, 3.05) is 10.6 Å². The van der Waals surface area contributed by atoms with Crippen molar-refractivity contribution >= 4 is 17.5 Å². The molecule has 1 amide bonds. The Hall–Kier alpha value is -2.43. The predicted octanol–water partition coefficient (Wildman–Crippen LogP) is 4.91. The van der Waals surface area contributed by atoms with E-state index in [2.05, 4.69) is 34.4 Å². The Morgan fingerprint density at radius 1 is 1.12 bits per heavy atom. The van der Waals surface area contributed by atoms with Crippen molar-refractivity contribution in [2.24, 2.45) is 0 Å². The maximum atomic E-state index is 12.8. The minimum atomic E-state index is -0.199. The van der Waals surface area contributed by atoms with Gasteiger partial charge in [-0.25, -0.2) is 9.97 Å². The van der Waals surface area contributed by atoms with E-state index in [4.69, 9.17) is 0 Å². The summed E-state index contributed by atoms with van der Waals surface area (Å²) in [5.74, 6) is 0.691. The molecule has 1 aromatic carbocycles. The topological polar surface area (TPSA) is 66.9 Å². The molecule has 0 aliphatic heterocycles. The monoisotopic (exact) mass is 352 g/mol. The zero-order chi connectivity index (χ0) is 18.5. The molecule has 0 unspecified atom stereocenters. The van der Waals surface area contributed by atoms with Crippen LogP contribution >= 0.6 is 0 Å². The van der Waals surface area contributed by atoms with Crippen LogP contribution in [0.3, 0.4) is 0 Å². The number of para-hydroxylation sites is 1. The molecule has 1 aliphatic rings. The van der Waals surface area contributed by atoms with Crippen LogP contribution < -0.4 is 10.6 Å². The number of hydrogen-bond acceptors (Lipinski definition) is 4. The molecule has 0 saturated heterocycles. The number of nitrogens with zero attached hydrogens (tertiary/aromatic N) is 2. The lowest BCUT2D eigenvalue weighted by molar-refractivity contribution is 0.102. The highest BCUT2D eigenvalue weighted by atomic mass is 16.1. The molecule has 5 nitrogen and oxygen atoms in total. The Bertz CT molecular complexity index is 766. The number of amides is 1. The van der Waals surface area contributed by atoms with Crippen molar-refractivity contribution in [3.05, 3.63) is 47.3 Å². The fraction of sp³-hybridized carbons (Fsp3) is 0.476. The highest BCUT2D eigenvalue weighted by Crippen LogP contribution is 2.24. The normalized spacial score (nSPS) is 15.1. The van der Waals surface area contributed by atoms with Crippen LogP contribution in [-0.2, 0) is 0 Å². The van der Waals surface area contributed by atoms with Gasteiger partial charge in [-0.05, 0) is 43.4 Å². The zero-order valence-corrected chi connectivity index (χ0v) is 15.9. The van der Waals surface area contributed by atoms with Crippen LogP contribution in [0.4, 0.5) is 11.6 Å². The first kappa shape index (κ1) is 18.4. The highest BCUT2D eigenvalue weighted by molar-refractivity contribution is 6.03. The van der Waals surface area contributed by atoms with Gasteiger partial charge in [-0.1, -0.05) is 51.3 Å². The minimum Gasteiger partial charge on any atom is -0.351 e. The minimum absolute atomic E-state index is 0.199. The van der Waals surface area contributed by atoms with E-state index in [9.17, 15) is 4.79 Å². The lowest BCUT2D eigenvalue weighted by Gasteiger charge is -2.23. The molecule has 1 heterocycles. The summed E-state index contributed by atoms with van der Waals surface area (Å²) in [5.41, 5.74) is 3.15. The van der Waals surface area contributed by atoms with Gasteiger partial charge < -0.3 is 10.6 Å². The molecule has 138 valence electrons. The fourth-order valence-electron chi connectivity index (χ4n) is 3.48. The molecule has 5 heteroatoms. The largest absolute Gasteiger partial charge is 0.351 e. The van der Waals surface area contributed by atoms with Crippen LogP contribution in [0, 0.1) is 6.92 Å². The van der Waals surface area contributed by atoms with E-state index in [-0.39, 0.29) is 5.91 Å². The molecule has 1 aliphatic carbocycles. The third-order valence-corrected chi connectivity index (χ3v) is 4.86. The van der Waals surface area contributed by atoms with E-state index in [1.54, 1.807) is 6.07 Å². The van der Waals surface area contributed by atoms with Crippen molar-refractivity contribution in [3.63, 3.8) is 0 Å². The van der Waals surface area contributed by atoms with Crippen molar-refractivity contribution < 1.29 is 4.79 Å². The van der Waals surface area contributed by atoms with Gasteiger partial charge in [0.05, 0.1) is 0 Å². The highest BCUT2D eigenvalue weighted by Gasteiger charge is 2.17. The maximum Gasteiger partial charge on any atom is 0.274 e. The maximum absolute atomic E-state index is 12.8. The van der Waals surface area contributed by atoms with Gasteiger partial charge in [-0.2, -0.15) is 0 Å². The van der Waals surface area contributed by atoms with Crippen LogP contribution in [0.25, 0.3) is 0 Å². The number of hydrogen-bond donors (Lipinski definition) is 2. The summed E-state index contributed by atoms with van der Waals surface area (Å²) in [6, 6.07) is 10.0. The van der Waals surface area contributed by atoms with E-state index in [1.165, 1.54) is 19.3 Å². The average Bonchev–Trinajstić information content (AvgIpc) is 2.62. The summed E-state index contributed by atoms with van der Waals surface area (Å²) in [6.45, 7) is 6.13. The molecule has 2 aromatic rings. The van der Waals surface area contributed by atoms with E-state index >= 15 is 0 Å². The van der Waals surface area contributed by atoms with Crippen LogP contribution in [0.15, 0.2) is 30.3 Å². The molecular formula is C21H28N4O. The first-order valence-corrected chi connectivity index (χ1v) is 9.55. The van der Waals surface area contributed by atoms with Gasteiger partial charge >= 0.3 is 0 Å². The second-order valence-corrected chi connectivity index (χ2v) is 7.39. The van der Waals surface area contributed by atoms with Gasteiger partial charge in [0, 0.05) is 17.4 Å². The molecule has 1 fully saturated rings. The summed E-state index contributed by atoms with van der Waals surface area (Å²) in [5, 5.41) is 6.42. The lowest BCUT2D eigenvalue weighted by atomic mass is 9.96. The third-order valence-electron chi connectivity index (χ3n) is 4.86.